The van der Waals surface area contributed by atoms with Crippen molar-refractivity contribution in [3.8, 4) is 0 Å². The average Bonchev–Trinajstić information content (AvgIpc) is 2.47. The molecular formula is C15H25N3OS. The molecule has 0 aliphatic carbocycles. The SMILES string of the molecule is CCCN(CCC)CC(=O)N(C)c1cccc(NS)c1. The first-order chi connectivity index (χ1) is 9.62. The molecule has 0 saturated carbocycles. The van der Waals surface area contributed by atoms with Gasteiger partial charge in [-0.05, 0) is 44.1 Å². The lowest BCUT2D eigenvalue weighted by Gasteiger charge is -2.24. The van der Waals surface area contributed by atoms with E-state index in [-0.39, 0.29) is 5.91 Å². The number of benzene rings is 1. The standard InChI is InChI=1S/C15H25N3OS/c1-4-9-18(10-5-2)12-15(19)17(3)14-8-6-7-13(11-14)16-20/h6-8,11,16,20H,4-5,9-10,12H2,1-3H3. The molecule has 1 aromatic rings. The summed E-state index contributed by atoms with van der Waals surface area (Å²) < 4.78 is 2.79. The van der Waals surface area contributed by atoms with Crippen LogP contribution in [0.3, 0.4) is 0 Å². The highest BCUT2D eigenvalue weighted by Gasteiger charge is 2.15. The van der Waals surface area contributed by atoms with Gasteiger partial charge in [-0.15, -0.1) is 0 Å². The number of rotatable bonds is 8. The van der Waals surface area contributed by atoms with Crippen LogP contribution in [-0.4, -0.2) is 37.5 Å². The summed E-state index contributed by atoms with van der Waals surface area (Å²) in [5, 5.41) is 0. The van der Waals surface area contributed by atoms with Crippen LogP contribution >= 0.6 is 12.8 Å². The molecule has 1 amide bonds. The summed E-state index contributed by atoms with van der Waals surface area (Å²) in [5.74, 6) is 0.114. The molecule has 1 rings (SSSR count). The number of amides is 1. The van der Waals surface area contributed by atoms with Crippen LogP contribution in [0.2, 0.25) is 0 Å². The maximum atomic E-state index is 12.3. The van der Waals surface area contributed by atoms with E-state index in [1.807, 2.05) is 31.3 Å². The van der Waals surface area contributed by atoms with Crippen molar-refractivity contribution < 1.29 is 4.79 Å². The topological polar surface area (TPSA) is 35.6 Å². The fourth-order valence-electron chi connectivity index (χ4n) is 2.13. The van der Waals surface area contributed by atoms with Crippen LogP contribution < -0.4 is 9.62 Å². The van der Waals surface area contributed by atoms with Crippen LogP contribution in [0.1, 0.15) is 26.7 Å². The Kier molecular flexibility index (Phi) is 7.47. The zero-order valence-corrected chi connectivity index (χ0v) is 13.5. The minimum atomic E-state index is 0.114. The number of nitrogens with zero attached hydrogens (tertiary/aromatic N) is 2. The van der Waals surface area contributed by atoms with E-state index in [9.17, 15) is 4.79 Å². The summed E-state index contributed by atoms with van der Waals surface area (Å²) in [5.41, 5.74) is 1.76. The first-order valence-electron chi connectivity index (χ1n) is 7.11. The zero-order chi connectivity index (χ0) is 15.0. The van der Waals surface area contributed by atoms with Crippen LogP contribution in [0.15, 0.2) is 24.3 Å². The quantitative estimate of drug-likeness (QED) is 0.724. The molecule has 0 spiro atoms. The molecule has 0 unspecified atom stereocenters. The molecule has 0 radical (unpaired) electrons. The van der Waals surface area contributed by atoms with Gasteiger partial charge in [-0.25, -0.2) is 0 Å². The lowest BCUT2D eigenvalue weighted by Crippen LogP contribution is -2.39. The molecule has 0 aliphatic rings. The number of carbonyl (C=O) groups is 1. The number of anilines is 2. The van der Waals surface area contributed by atoms with E-state index in [0.29, 0.717) is 6.54 Å². The lowest BCUT2D eigenvalue weighted by molar-refractivity contribution is -0.119. The molecule has 20 heavy (non-hydrogen) atoms. The largest absolute Gasteiger partial charge is 0.332 e. The highest BCUT2D eigenvalue weighted by Crippen LogP contribution is 2.19. The highest BCUT2D eigenvalue weighted by molar-refractivity contribution is 7.81. The van der Waals surface area contributed by atoms with Crippen molar-refractivity contribution in [3.63, 3.8) is 0 Å². The van der Waals surface area contributed by atoms with Crippen molar-refractivity contribution in [2.75, 3.05) is 36.3 Å². The van der Waals surface area contributed by atoms with Crippen molar-refractivity contribution in [1.29, 1.82) is 0 Å². The molecule has 4 nitrogen and oxygen atoms in total. The third-order valence-corrected chi connectivity index (χ3v) is 3.43. The second kappa shape index (κ2) is 8.87. The number of carbonyl (C=O) groups excluding carboxylic acids is 1. The Labute approximate surface area is 127 Å². The Balaban J connectivity index is 2.69. The van der Waals surface area contributed by atoms with E-state index in [1.54, 1.807) is 4.90 Å². The summed E-state index contributed by atoms with van der Waals surface area (Å²) in [7, 11) is 1.82. The van der Waals surface area contributed by atoms with Crippen LogP contribution in [0, 0.1) is 0 Å². The molecule has 0 aliphatic heterocycles. The van der Waals surface area contributed by atoms with Crippen LogP contribution in [-0.2, 0) is 4.79 Å². The van der Waals surface area contributed by atoms with Crippen molar-refractivity contribution in [3.05, 3.63) is 24.3 Å². The van der Waals surface area contributed by atoms with E-state index in [0.717, 1.165) is 37.3 Å². The number of thiol groups is 1. The van der Waals surface area contributed by atoms with Gasteiger partial charge in [0.15, 0.2) is 0 Å². The average molecular weight is 295 g/mol. The van der Waals surface area contributed by atoms with Crippen LogP contribution in [0.4, 0.5) is 11.4 Å². The predicted octanol–water partition coefficient (Wildman–Crippen LogP) is 3.03. The van der Waals surface area contributed by atoms with E-state index in [2.05, 4.69) is 36.3 Å². The molecule has 0 fully saturated rings. The third-order valence-electron chi connectivity index (χ3n) is 3.18. The Morgan fingerprint density at radius 2 is 1.90 bits per heavy atom. The molecule has 1 N–H and O–H groups in total. The van der Waals surface area contributed by atoms with E-state index in [1.165, 1.54) is 0 Å². The maximum Gasteiger partial charge on any atom is 0.240 e. The normalized spacial score (nSPS) is 10.7. The summed E-state index contributed by atoms with van der Waals surface area (Å²) >= 11 is 4.03. The summed E-state index contributed by atoms with van der Waals surface area (Å²) in [6, 6.07) is 7.66. The molecule has 0 bridgehead atoms. The third kappa shape index (κ3) is 5.06. The smallest absolute Gasteiger partial charge is 0.240 e. The van der Waals surface area contributed by atoms with Crippen LogP contribution in [0.5, 0.6) is 0 Å². The minimum Gasteiger partial charge on any atom is -0.332 e. The monoisotopic (exact) mass is 295 g/mol. The molecule has 0 saturated heterocycles. The lowest BCUT2D eigenvalue weighted by atomic mass is 10.2. The number of likely N-dealkylation sites (N-methyl/N-ethyl adjacent to an activating group) is 1. The molecule has 0 heterocycles. The van der Waals surface area contributed by atoms with Gasteiger partial charge in [-0.2, -0.15) is 0 Å². The van der Waals surface area contributed by atoms with Gasteiger partial charge in [0, 0.05) is 18.4 Å². The van der Waals surface area contributed by atoms with Gasteiger partial charge in [-0.3, -0.25) is 9.69 Å². The second-order valence-electron chi connectivity index (χ2n) is 4.89. The Morgan fingerprint density at radius 3 is 2.45 bits per heavy atom. The van der Waals surface area contributed by atoms with Crippen molar-refractivity contribution in [2.45, 2.75) is 26.7 Å². The van der Waals surface area contributed by atoms with Gasteiger partial charge in [-0.1, -0.05) is 32.7 Å². The summed E-state index contributed by atoms with van der Waals surface area (Å²) in [4.78, 5) is 16.3. The molecule has 1 aromatic carbocycles. The first-order valence-corrected chi connectivity index (χ1v) is 7.56. The van der Waals surface area contributed by atoms with Gasteiger partial charge in [0.1, 0.15) is 0 Å². The van der Waals surface area contributed by atoms with Crippen LogP contribution in [0.25, 0.3) is 0 Å². The van der Waals surface area contributed by atoms with Crippen molar-refractivity contribution >= 4 is 30.1 Å². The first kappa shape index (κ1) is 16.9. The fourth-order valence-corrected chi connectivity index (χ4v) is 2.27. The number of hydrogen-bond acceptors (Lipinski definition) is 4. The van der Waals surface area contributed by atoms with E-state index >= 15 is 0 Å². The minimum absolute atomic E-state index is 0.114. The highest BCUT2D eigenvalue weighted by atomic mass is 32.1. The molecule has 112 valence electrons. The van der Waals surface area contributed by atoms with Gasteiger partial charge in [0.05, 0.1) is 6.54 Å². The summed E-state index contributed by atoms with van der Waals surface area (Å²) in [6.07, 6.45) is 2.13. The zero-order valence-electron chi connectivity index (χ0n) is 12.6. The van der Waals surface area contributed by atoms with Crippen molar-refractivity contribution in [2.24, 2.45) is 0 Å². The Morgan fingerprint density at radius 1 is 1.25 bits per heavy atom. The molecule has 5 heteroatoms. The Hall–Kier alpha value is -1.20. The van der Waals surface area contributed by atoms with Gasteiger partial charge < -0.3 is 9.62 Å². The van der Waals surface area contributed by atoms with Gasteiger partial charge >= 0.3 is 0 Å². The van der Waals surface area contributed by atoms with E-state index in [4.69, 9.17) is 0 Å². The van der Waals surface area contributed by atoms with E-state index < -0.39 is 0 Å². The van der Waals surface area contributed by atoms with Gasteiger partial charge in [0.2, 0.25) is 5.91 Å². The van der Waals surface area contributed by atoms with Crippen molar-refractivity contribution in [1.82, 2.24) is 4.90 Å². The second-order valence-corrected chi connectivity index (χ2v) is 5.11. The maximum absolute atomic E-state index is 12.3. The fraction of sp³-hybridized carbons (Fsp3) is 0.533. The number of nitrogens with one attached hydrogen (secondary N) is 1. The molecule has 0 atom stereocenters. The Bertz CT molecular complexity index is 419. The number of hydrogen-bond donors (Lipinski definition) is 2. The molecular weight excluding hydrogens is 270 g/mol. The molecule has 0 aromatic heterocycles. The van der Waals surface area contributed by atoms with Gasteiger partial charge in [0.25, 0.3) is 0 Å². The summed E-state index contributed by atoms with van der Waals surface area (Å²) in [6.45, 7) is 6.67. The predicted molar refractivity (Wildman–Crippen MR) is 89.5 cm³/mol.